The molecule has 1 atom stereocenters. The van der Waals surface area contributed by atoms with E-state index in [0.717, 1.165) is 25.0 Å². The van der Waals surface area contributed by atoms with Crippen molar-refractivity contribution >= 4 is 21.6 Å². The normalized spacial score (nSPS) is 12.4. The predicted molar refractivity (Wildman–Crippen MR) is 95.5 cm³/mol. The summed E-state index contributed by atoms with van der Waals surface area (Å²) in [6.07, 6.45) is 1.87. The third kappa shape index (κ3) is 5.29. The SMILES string of the molecule is CCCC(C)NC(=O)c1ccc(NS(=O)(=O)c2ccc(F)cc2)cc1. The summed E-state index contributed by atoms with van der Waals surface area (Å²) in [5.74, 6) is -0.708. The van der Waals surface area contributed by atoms with E-state index in [1.807, 2.05) is 13.8 Å². The molecule has 0 aliphatic heterocycles. The second-order valence-corrected chi connectivity index (χ2v) is 7.48. The molecule has 0 fully saturated rings. The van der Waals surface area contributed by atoms with E-state index in [0.29, 0.717) is 11.3 Å². The first-order valence-electron chi connectivity index (χ1n) is 8.01. The Morgan fingerprint density at radius 2 is 1.68 bits per heavy atom. The molecule has 0 bridgehead atoms. The Morgan fingerprint density at radius 3 is 2.24 bits per heavy atom. The van der Waals surface area contributed by atoms with Gasteiger partial charge in [-0.3, -0.25) is 9.52 Å². The third-order valence-electron chi connectivity index (χ3n) is 3.62. The molecule has 134 valence electrons. The van der Waals surface area contributed by atoms with Gasteiger partial charge in [0, 0.05) is 17.3 Å². The molecular weight excluding hydrogens is 343 g/mol. The molecule has 0 heterocycles. The molecule has 1 unspecified atom stereocenters. The highest BCUT2D eigenvalue weighted by Crippen LogP contribution is 2.17. The quantitative estimate of drug-likeness (QED) is 0.789. The van der Waals surface area contributed by atoms with Gasteiger partial charge < -0.3 is 5.32 Å². The van der Waals surface area contributed by atoms with Gasteiger partial charge in [0.1, 0.15) is 5.82 Å². The summed E-state index contributed by atoms with van der Waals surface area (Å²) < 4.78 is 39.8. The summed E-state index contributed by atoms with van der Waals surface area (Å²) in [5.41, 5.74) is 0.773. The van der Waals surface area contributed by atoms with Crippen molar-refractivity contribution in [3.05, 3.63) is 59.9 Å². The van der Waals surface area contributed by atoms with E-state index in [2.05, 4.69) is 10.0 Å². The molecule has 2 aromatic carbocycles. The lowest BCUT2D eigenvalue weighted by Gasteiger charge is -2.13. The lowest BCUT2D eigenvalue weighted by Crippen LogP contribution is -2.32. The Balaban J connectivity index is 2.07. The fourth-order valence-corrected chi connectivity index (χ4v) is 3.39. The van der Waals surface area contributed by atoms with Gasteiger partial charge in [0.25, 0.3) is 15.9 Å². The molecule has 0 spiro atoms. The van der Waals surface area contributed by atoms with Crippen LogP contribution in [0.4, 0.5) is 10.1 Å². The highest BCUT2D eigenvalue weighted by Gasteiger charge is 2.15. The molecule has 0 aliphatic carbocycles. The van der Waals surface area contributed by atoms with E-state index >= 15 is 0 Å². The molecule has 25 heavy (non-hydrogen) atoms. The number of anilines is 1. The minimum atomic E-state index is -3.81. The van der Waals surface area contributed by atoms with Crippen LogP contribution in [0.15, 0.2) is 53.4 Å². The second-order valence-electron chi connectivity index (χ2n) is 5.80. The Labute approximate surface area is 147 Å². The average molecular weight is 364 g/mol. The van der Waals surface area contributed by atoms with Gasteiger partial charge in [-0.1, -0.05) is 13.3 Å². The maximum Gasteiger partial charge on any atom is 0.261 e. The maximum absolute atomic E-state index is 12.9. The smallest absolute Gasteiger partial charge is 0.261 e. The van der Waals surface area contributed by atoms with Crippen LogP contribution in [0.25, 0.3) is 0 Å². The van der Waals surface area contributed by atoms with Crippen LogP contribution in [0.5, 0.6) is 0 Å². The number of hydrogen-bond donors (Lipinski definition) is 2. The number of halogens is 1. The first kappa shape index (κ1) is 18.9. The molecule has 0 aliphatic rings. The molecular formula is C18H21FN2O3S. The second kappa shape index (κ2) is 8.11. The zero-order valence-corrected chi connectivity index (χ0v) is 14.9. The van der Waals surface area contributed by atoms with Crippen LogP contribution in [-0.2, 0) is 10.0 Å². The number of hydrogen-bond acceptors (Lipinski definition) is 3. The lowest BCUT2D eigenvalue weighted by molar-refractivity contribution is 0.0938. The van der Waals surface area contributed by atoms with E-state index in [1.165, 1.54) is 24.3 Å². The van der Waals surface area contributed by atoms with E-state index in [1.54, 1.807) is 12.1 Å². The van der Waals surface area contributed by atoms with E-state index in [-0.39, 0.29) is 16.8 Å². The van der Waals surface area contributed by atoms with Gasteiger partial charge in [-0.05, 0) is 61.9 Å². The van der Waals surface area contributed by atoms with Crippen molar-refractivity contribution in [3.63, 3.8) is 0 Å². The molecule has 0 aromatic heterocycles. The Kier molecular flexibility index (Phi) is 6.14. The van der Waals surface area contributed by atoms with Crippen molar-refractivity contribution < 1.29 is 17.6 Å². The first-order chi connectivity index (χ1) is 11.8. The monoisotopic (exact) mass is 364 g/mol. The number of amides is 1. The topological polar surface area (TPSA) is 75.3 Å². The van der Waals surface area contributed by atoms with Gasteiger partial charge in [0.15, 0.2) is 0 Å². The Morgan fingerprint density at radius 1 is 1.08 bits per heavy atom. The van der Waals surface area contributed by atoms with Crippen molar-refractivity contribution in [2.45, 2.75) is 37.6 Å². The summed E-state index contributed by atoms with van der Waals surface area (Å²) in [6.45, 7) is 3.98. The van der Waals surface area contributed by atoms with Crippen LogP contribution in [0, 0.1) is 5.82 Å². The number of nitrogens with one attached hydrogen (secondary N) is 2. The average Bonchev–Trinajstić information content (AvgIpc) is 2.55. The molecule has 2 aromatic rings. The van der Waals surface area contributed by atoms with Crippen LogP contribution >= 0.6 is 0 Å². The molecule has 5 nitrogen and oxygen atoms in total. The van der Waals surface area contributed by atoms with Crippen molar-refractivity contribution in [3.8, 4) is 0 Å². The molecule has 2 N–H and O–H groups in total. The van der Waals surface area contributed by atoms with Gasteiger partial charge in [-0.25, -0.2) is 12.8 Å². The number of benzene rings is 2. The molecule has 0 radical (unpaired) electrons. The van der Waals surface area contributed by atoms with E-state index in [9.17, 15) is 17.6 Å². The summed E-state index contributed by atoms with van der Waals surface area (Å²) in [4.78, 5) is 12.1. The fraction of sp³-hybridized carbons (Fsp3) is 0.278. The maximum atomic E-state index is 12.9. The number of carbonyl (C=O) groups excluding carboxylic acids is 1. The van der Waals surface area contributed by atoms with Crippen molar-refractivity contribution in [2.24, 2.45) is 0 Å². The summed E-state index contributed by atoms with van der Waals surface area (Å²) >= 11 is 0. The summed E-state index contributed by atoms with van der Waals surface area (Å²) in [7, 11) is -3.81. The number of sulfonamides is 1. The van der Waals surface area contributed by atoms with Crippen molar-refractivity contribution in [1.82, 2.24) is 5.32 Å². The third-order valence-corrected chi connectivity index (χ3v) is 5.02. The number of carbonyl (C=O) groups is 1. The fourth-order valence-electron chi connectivity index (χ4n) is 2.33. The largest absolute Gasteiger partial charge is 0.350 e. The van der Waals surface area contributed by atoms with Gasteiger partial charge in [-0.2, -0.15) is 0 Å². The van der Waals surface area contributed by atoms with Crippen LogP contribution < -0.4 is 10.0 Å². The van der Waals surface area contributed by atoms with E-state index in [4.69, 9.17) is 0 Å². The first-order valence-corrected chi connectivity index (χ1v) is 9.49. The van der Waals surface area contributed by atoms with Crippen molar-refractivity contribution in [1.29, 1.82) is 0 Å². The van der Waals surface area contributed by atoms with Gasteiger partial charge in [-0.15, -0.1) is 0 Å². The van der Waals surface area contributed by atoms with Gasteiger partial charge in [0.05, 0.1) is 4.90 Å². The van der Waals surface area contributed by atoms with Crippen LogP contribution in [0.1, 0.15) is 37.0 Å². The Bertz CT molecular complexity index is 818. The molecule has 2 rings (SSSR count). The van der Waals surface area contributed by atoms with Gasteiger partial charge in [0.2, 0.25) is 0 Å². The molecule has 0 saturated heterocycles. The highest BCUT2D eigenvalue weighted by atomic mass is 32.2. The van der Waals surface area contributed by atoms with Crippen LogP contribution in [0.3, 0.4) is 0 Å². The highest BCUT2D eigenvalue weighted by molar-refractivity contribution is 7.92. The van der Waals surface area contributed by atoms with Crippen LogP contribution in [-0.4, -0.2) is 20.4 Å². The Hall–Kier alpha value is -2.41. The zero-order valence-electron chi connectivity index (χ0n) is 14.1. The molecule has 0 saturated carbocycles. The van der Waals surface area contributed by atoms with Gasteiger partial charge >= 0.3 is 0 Å². The minimum Gasteiger partial charge on any atom is -0.350 e. The number of rotatable bonds is 7. The standard InChI is InChI=1S/C18H21FN2O3S/c1-3-4-13(2)20-18(22)14-5-9-16(10-6-14)21-25(23,24)17-11-7-15(19)8-12-17/h5-13,21H,3-4H2,1-2H3,(H,20,22). The summed E-state index contributed by atoms with van der Waals surface area (Å²) in [6, 6.07) is 10.8. The van der Waals surface area contributed by atoms with Crippen molar-refractivity contribution in [2.75, 3.05) is 4.72 Å². The molecule has 1 amide bonds. The molecule has 7 heteroatoms. The van der Waals surface area contributed by atoms with E-state index < -0.39 is 15.8 Å². The lowest BCUT2D eigenvalue weighted by atomic mass is 10.1. The minimum absolute atomic E-state index is 0.0379. The predicted octanol–water partition coefficient (Wildman–Crippen LogP) is 3.54. The summed E-state index contributed by atoms with van der Waals surface area (Å²) in [5, 5.41) is 2.88. The zero-order chi connectivity index (χ0) is 18.4. The van der Waals surface area contributed by atoms with Crippen LogP contribution in [0.2, 0.25) is 0 Å².